The summed E-state index contributed by atoms with van der Waals surface area (Å²) >= 11 is 5.57. The maximum atomic E-state index is 5.61. The molecule has 78 valence electrons. The zero-order valence-corrected chi connectivity index (χ0v) is 8.83. The molecule has 1 aromatic heterocycles. The Bertz CT molecular complexity index is 303. The van der Waals surface area contributed by atoms with E-state index in [1.54, 1.807) is 0 Å². The largest absolute Gasteiger partial charge is 0.422 e. The van der Waals surface area contributed by atoms with E-state index in [2.05, 4.69) is 17.1 Å². The van der Waals surface area contributed by atoms with Gasteiger partial charge in [0.15, 0.2) is 0 Å². The molecule has 2 rings (SSSR count). The SMILES string of the molecule is CC1CCC(c2nnc(CCCl)o2)O1. The maximum Gasteiger partial charge on any atom is 0.245 e. The van der Waals surface area contributed by atoms with Crippen molar-refractivity contribution < 1.29 is 9.15 Å². The van der Waals surface area contributed by atoms with Crippen LogP contribution in [0.3, 0.4) is 0 Å². The number of alkyl halides is 1. The van der Waals surface area contributed by atoms with Gasteiger partial charge in [-0.1, -0.05) is 0 Å². The van der Waals surface area contributed by atoms with Crippen LogP contribution in [0.25, 0.3) is 0 Å². The number of hydrogen-bond acceptors (Lipinski definition) is 4. The molecule has 14 heavy (non-hydrogen) atoms. The Morgan fingerprint density at radius 1 is 1.43 bits per heavy atom. The summed E-state index contributed by atoms with van der Waals surface area (Å²) in [5.41, 5.74) is 0. The van der Waals surface area contributed by atoms with E-state index in [4.69, 9.17) is 20.8 Å². The Morgan fingerprint density at radius 3 is 2.93 bits per heavy atom. The first kappa shape index (κ1) is 9.93. The molecule has 5 heteroatoms. The highest BCUT2D eigenvalue weighted by Gasteiger charge is 2.27. The van der Waals surface area contributed by atoms with E-state index in [1.807, 2.05) is 0 Å². The molecule has 1 aliphatic rings. The number of halogens is 1. The number of rotatable bonds is 3. The molecule has 1 aromatic rings. The van der Waals surface area contributed by atoms with Gasteiger partial charge in [0.1, 0.15) is 6.10 Å². The van der Waals surface area contributed by atoms with Crippen LogP contribution in [0, 0.1) is 0 Å². The Labute approximate surface area is 87.6 Å². The van der Waals surface area contributed by atoms with Gasteiger partial charge in [0.2, 0.25) is 11.8 Å². The van der Waals surface area contributed by atoms with Gasteiger partial charge >= 0.3 is 0 Å². The van der Waals surface area contributed by atoms with Crippen LogP contribution in [0.2, 0.25) is 0 Å². The molecule has 0 spiro atoms. The standard InChI is InChI=1S/C9H13ClN2O2/c1-6-2-3-7(13-6)9-12-11-8(14-9)4-5-10/h6-7H,2-5H2,1H3. The average molecular weight is 217 g/mol. The molecule has 0 aromatic carbocycles. The summed E-state index contributed by atoms with van der Waals surface area (Å²) < 4.78 is 11.0. The minimum absolute atomic E-state index is 0.0124. The minimum atomic E-state index is -0.0124. The fourth-order valence-corrected chi connectivity index (χ4v) is 1.72. The number of hydrogen-bond donors (Lipinski definition) is 0. The van der Waals surface area contributed by atoms with Crippen molar-refractivity contribution in [3.63, 3.8) is 0 Å². The van der Waals surface area contributed by atoms with Gasteiger partial charge in [0.05, 0.1) is 6.10 Å². The zero-order chi connectivity index (χ0) is 9.97. The van der Waals surface area contributed by atoms with Gasteiger partial charge in [0, 0.05) is 12.3 Å². The van der Waals surface area contributed by atoms with Crippen molar-refractivity contribution in [1.29, 1.82) is 0 Å². The fraction of sp³-hybridized carbons (Fsp3) is 0.778. The quantitative estimate of drug-likeness (QED) is 0.726. The van der Waals surface area contributed by atoms with Gasteiger partial charge < -0.3 is 9.15 Å². The van der Waals surface area contributed by atoms with Crippen molar-refractivity contribution in [2.24, 2.45) is 0 Å². The summed E-state index contributed by atoms with van der Waals surface area (Å²) in [6.07, 6.45) is 2.92. The number of nitrogens with zero attached hydrogens (tertiary/aromatic N) is 2. The van der Waals surface area contributed by atoms with E-state index in [1.165, 1.54) is 0 Å². The highest BCUT2D eigenvalue weighted by Crippen LogP contribution is 2.31. The topological polar surface area (TPSA) is 48.2 Å². The van der Waals surface area contributed by atoms with E-state index in [0.717, 1.165) is 12.8 Å². The number of ether oxygens (including phenoxy) is 1. The molecule has 0 amide bonds. The van der Waals surface area contributed by atoms with Crippen molar-refractivity contribution in [3.05, 3.63) is 11.8 Å². The third-order valence-electron chi connectivity index (χ3n) is 2.30. The fourth-order valence-electron chi connectivity index (χ4n) is 1.56. The van der Waals surface area contributed by atoms with Crippen LogP contribution in [0.4, 0.5) is 0 Å². The molecule has 1 aliphatic heterocycles. The molecule has 1 saturated heterocycles. The second-order valence-corrected chi connectivity index (χ2v) is 3.86. The van der Waals surface area contributed by atoms with Crippen molar-refractivity contribution in [3.8, 4) is 0 Å². The first-order chi connectivity index (χ1) is 6.79. The second kappa shape index (κ2) is 4.28. The number of aryl methyl sites for hydroxylation is 1. The van der Waals surface area contributed by atoms with E-state index in [0.29, 0.717) is 30.2 Å². The van der Waals surface area contributed by atoms with E-state index in [9.17, 15) is 0 Å². The monoisotopic (exact) mass is 216 g/mol. The molecule has 2 heterocycles. The number of aromatic nitrogens is 2. The summed E-state index contributed by atoms with van der Waals surface area (Å²) in [6, 6.07) is 0. The van der Waals surface area contributed by atoms with Gasteiger partial charge in [-0.05, 0) is 19.8 Å². The Balaban J connectivity index is 2.02. The van der Waals surface area contributed by atoms with Crippen molar-refractivity contribution >= 4 is 11.6 Å². The van der Waals surface area contributed by atoms with Gasteiger partial charge in [-0.3, -0.25) is 0 Å². The van der Waals surface area contributed by atoms with Crippen LogP contribution in [0.15, 0.2) is 4.42 Å². The molecule has 0 N–H and O–H groups in total. The van der Waals surface area contributed by atoms with Gasteiger partial charge in [-0.2, -0.15) is 0 Å². The first-order valence-corrected chi connectivity index (χ1v) is 5.36. The molecule has 1 fully saturated rings. The summed E-state index contributed by atoms with van der Waals surface area (Å²) in [7, 11) is 0. The zero-order valence-electron chi connectivity index (χ0n) is 8.07. The van der Waals surface area contributed by atoms with Crippen molar-refractivity contribution in [2.45, 2.75) is 38.4 Å². The lowest BCUT2D eigenvalue weighted by Crippen LogP contribution is -2.01. The predicted octanol–water partition coefficient (Wildman–Crippen LogP) is 2.09. The minimum Gasteiger partial charge on any atom is -0.422 e. The molecular weight excluding hydrogens is 204 g/mol. The predicted molar refractivity (Wildman–Crippen MR) is 51.2 cm³/mol. The smallest absolute Gasteiger partial charge is 0.245 e. The molecule has 0 saturated carbocycles. The summed E-state index contributed by atoms with van der Waals surface area (Å²) in [5, 5.41) is 7.85. The highest BCUT2D eigenvalue weighted by molar-refractivity contribution is 6.17. The highest BCUT2D eigenvalue weighted by atomic mass is 35.5. The van der Waals surface area contributed by atoms with Crippen LogP contribution in [0.1, 0.15) is 37.7 Å². The van der Waals surface area contributed by atoms with Crippen molar-refractivity contribution in [1.82, 2.24) is 10.2 Å². The average Bonchev–Trinajstić information content (AvgIpc) is 2.74. The van der Waals surface area contributed by atoms with E-state index < -0.39 is 0 Å². The summed E-state index contributed by atoms with van der Waals surface area (Å²) in [6.45, 7) is 2.05. The Hall–Kier alpha value is -0.610. The Morgan fingerprint density at radius 2 is 2.29 bits per heavy atom. The van der Waals surface area contributed by atoms with Crippen LogP contribution in [-0.4, -0.2) is 22.2 Å². The molecule has 2 unspecified atom stereocenters. The molecular formula is C9H13ClN2O2. The van der Waals surface area contributed by atoms with E-state index >= 15 is 0 Å². The summed E-state index contributed by atoms with van der Waals surface area (Å²) in [4.78, 5) is 0. The van der Waals surface area contributed by atoms with Gasteiger partial charge in [-0.15, -0.1) is 21.8 Å². The first-order valence-electron chi connectivity index (χ1n) is 4.83. The van der Waals surface area contributed by atoms with Gasteiger partial charge in [-0.25, -0.2) is 0 Å². The lowest BCUT2D eigenvalue weighted by Gasteiger charge is -2.04. The van der Waals surface area contributed by atoms with E-state index in [-0.39, 0.29) is 6.10 Å². The second-order valence-electron chi connectivity index (χ2n) is 3.49. The molecule has 0 aliphatic carbocycles. The molecule has 0 bridgehead atoms. The lowest BCUT2D eigenvalue weighted by atomic mass is 10.2. The third-order valence-corrected chi connectivity index (χ3v) is 2.49. The van der Waals surface area contributed by atoms with Crippen LogP contribution in [0.5, 0.6) is 0 Å². The molecule has 4 nitrogen and oxygen atoms in total. The normalized spacial score (nSPS) is 27.0. The van der Waals surface area contributed by atoms with Crippen molar-refractivity contribution in [2.75, 3.05) is 5.88 Å². The van der Waals surface area contributed by atoms with Crippen LogP contribution in [-0.2, 0) is 11.2 Å². The third kappa shape index (κ3) is 2.07. The lowest BCUT2D eigenvalue weighted by molar-refractivity contribution is 0.0384. The summed E-state index contributed by atoms with van der Waals surface area (Å²) in [5.74, 6) is 1.69. The molecule has 0 radical (unpaired) electrons. The van der Waals surface area contributed by atoms with Crippen LogP contribution < -0.4 is 0 Å². The van der Waals surface area contributed by atoms with Crippen LogP contribution >= 0.6 is 11.6 Å². The maximum absolute atomic E-state index is 5.61. The molecule has 2 atom stereocenters. The van der Waals surface area contributed by atoms with Gasteiger partial charge in [0.25, 0.3) is 0 Å². The Kier molecular flexibility index (Phi) is 3.03.